The predicted octanol–water partition coefficient (Wildman–Crippen LogP) is 0.861. The lowest BCUT2D eigenvalue weighted by atomic mass is 10.2. The SMILES string of the molecule is COCCN(CCOC)S(=O)(=O)c1cc(C)cc(N)c1. The number of aryl methyl sites for hydroxylation is 1. The summed E-state index contributed by atoms with van der Waals surface area (Å²) in [5.41, 5.74) is 6.96. The normalized spacial score (nSPS) is 12.0. The molecule has 0 aromatic heterocycles. The maximum absolute atomic E-state index is 12.6. The van der Waals surface area contributed by atoms with Gasteiger partial charge >= 0.3 is 0 Å². The van der Waals surface area contributed by atoms with Crippen molar-refractivity contribution < 1.29 is 17.9 Å². The van der Waals surface area contributed by atoms with Crippen molar-refractivity contribution in [1.82, 2.24) is 4.31 Å². The molecule has 1 aromatic carbocycles. The number of benzene rings is 1. The van der Waals surface area contributed by atoms with Crippen LogP contribution in [0, 0.1) is 6.92 Å². The molecule has 0 amide bonds. The van der Waals surface area contributed by atoms with Gasteiger partial charge < -0.3 is 15.2 Å². The minimum Gasteiger partial charge on any atom is -0.399 e. The van der Waals surface area contributed by atoms with Crippen LogP contribution in [-0.4, -0.2) is 53.2 Å². The first-order chi connectivity index (χ1) is 9.41. The average Bonchev–Trinajstić information content (AvgIpc) is 2.37. The predicted molar refractivity (Wildman–Crippen MR) is 78.1 cm³/mol. The van der Waals surface area contributed by atoms with E-state index in [9.17, 15) is 8.42 Å². The molecule has 0 saturated carbocycles. The van der Waals surface area contributed by atoms with Gasteiger partial charge in [0.2, 0.25) is 10.0 Å². The summed E-state index contributed by atoms with van der Waals surface area (Å²) in [5.74, 6) is 0. The number of anilines is 1. The third kappa shape index (κ3) is 4.45. The number of hydrogen-bond acceptors (Lipinski definition) is 5. The molecule has 0 spiro atoms. The minimum atomic E-state index is -3.60. The molecule has 0 bridgehead atoms. The molecule has 1 aromatic rings. The van der Waals surface area contributed by atoms with E-state index in [4.69, 9.17) is 15.2 Å². The van der Waals surface area contributed by atoms with Gasteiger partial charge in [-0.05, 0) is 30.7 Å². The second kappa shape index (κ2) is 7.58. The zero-order valence-electron chi connectivity index (χ0n) is 12.1. The molecule has 0 radical (unpaired) electrons. The van der Waals surface area contributed by atoms with Crippen LogP contribution in [0.25, 0.3) is 0 Å². The summed E-state index contributed by atoms with van der Waals surface area (Å²) < 4.78 is 36.5. The number of nitrogens with two attached hydrogens (primary N) is 1. The van der Waals surface area contributed by atoms with Crippen LogP contribution < -0.4 is 5.73 Å². The van der Waals surface area contributed by atoms with Crippen LogP contribution >= 0.6 is 0 Å². The van der Waals surface area contributed by atoms with Crippen LogP contribution in [0.2, 0.25) is 0 Å². The first-order valence-corrected chi connectivity index (χ1v) is 7.71. The highest BCUT2D eigenvalue weighted by molar-refractivity contribution is 7.89. The van der Waals surface area contributed by atoms with Gasteiger partial charge in [-0.15, -0.1) is 0 Å². The average molecular weight is 302 g/mol. The number of methoxy groups -OCH3 is 2. The van der Waals surface area contributed by atoms with Gasteiger partial charge in [-0.1, -0.05) is 0 Å². The first kappa shape index (κ1) is 16.9. The molecule has 6 nitrogen and oxygen atoms in total. The van der Waals surface area contributed by atoms with Crippen molar-refractivity contribution in [1.29, 1.82) is 0 Å². The van der Waals surface area contributed by atoms with E-state index >= 15 is 0 Å². The summed E-state index contributed by atoms with van der Waals surface area (Å²) in [6.07, 6.45) is 0. The Hall–Kier alpha value is -1.15. The van der Waals surface area contributed by atoms with Gasteiger partial charge in [0.1, 0.15) is 0 Å². The van der Waals surface area contributed by atoms with E-state index in [-0.39, 0.29) is 18.0 Å². The van der Waals surface area contributed by atoms with Crippen LogP contribution in [-0.2, 0) is 19.5 Å². The molecule has 7 heteroatoms. The zero-order chi connectivity index (χ0) is 15.2. The number of hydrogen-bond donors (Lipinski definition) is 1. The van der Waals surface area contributed by atoms with Crippen LogP contribution in [0.5, 0.6) is 0 Å². The van der Waals surface area contributed by atoms with Gasteiger partial charge in [0.25, 0.3) is 0 Å². The summed E-state index contributed by atoms with van der Waals surface area (Å²) >= 11 is 0. The van der Waals surface area contributed by atoms with E-state index in [0.717, 1.165) is 5.56 Å². The van der Waals surface area contributed by atoms with E-state index < -0.39 is 10.0 Å². The van der Waals surface area contributed by atoms with Crippen LogP contribution in [0.3, 0.4) is 0 Å². The monoisotopic (exact) mass is 302 g/mol. The van der Waals surface area contributed by atoms with Crippen LogP contribution in [0.15, 0.2) is 23.1 Å². The molecule has 0 atom stereocenters. The number of rotatable bonds is 8. The van der Waals surface area contributed by atoms with E-state index in [0.29, 0.717) is 18.9 Å². The molecule has 2 N–H and O–H groups in total. The zero-order valence-corrected chi connectivity index (χ0v) is 12.9. The number of nitrogens with zero attached hydrogens (tertiary/aromatic N) is 1. The van der Waals surface area contributed by atoms with Crippen molar-refractivity contribution in [3.63, 3.8) is 0 Å². The van der Waals surface area contributed by atoms with Gasteiger partial charge in [0, 0.05) is 33.0 Å². The first-order valence-electron chi connectivity index (χ1n) is 6.27. The molecule has 0 fully saturated rings. The molecule has 114 valence electrons. The highest BCUT2D eigenvalue weighted by Gasteiger charge is 2.24. The largest absolute Gasteiger partial charge is 0.399 e. The molecule has 0 heterocycles. The van der Waals surface area contributed by atoms with Crippen molar-refractivity contribution in [2.75, 3.05) is 46.3 Å². The Morgan fingerprint density at radius 3 is 2.10 bits per heavy atom. The second-order valence-electron chi connectivity index (χ2n) is 4.47. The van der Waals surface area contributed by atoms with Gasteiger partial charge in [-0.25, -0.2) is 8.42 Å². The lowest BCUT2D eigenvalue weighted by Crippen LogP contribution is -2.36. The maximum atomic E-state index is 12.6. The van der Waals surface area contributed by atoms with E-state index in [1.54, 1.807) is 12.1 Å². The molecule has 0 aliphatic rings. The molecule has 20 heavy (non-hydrogen) atoms. The van der Waals surface area contributed by atoms with Gasteiger partial charge in [0.05, 0.1) is 18.1 Å². The number of nitrogen functional groups attached to an aromatic ring is 1. The molecule has 0 aliphatic carbocycles. The fourth-order valence-electron chi connectivity index (χ4n) is 1.81. The van der Waals surface area contributed by atoms with Crippen LogP contribution in [0.1, 0.15) is 5.56 Å². The molecule has 1 rings (SSSR count). The maximum Gasteiger partial charge on any atom is 0.243 e. The summed E-state index contributed by atoms with van der Waals surface area (Å²) in [6, 6.07) is 4.81. The summed E-state index contributed by atoms with van der Waals surface area (Å²) in [6.45, 7) is 3.00. The number of sulfonamides is 1. The van der Waals surface area contributed by atoms with Crippen LogP contribution in [0.4, 0.5) is 5.69 Å². The Labute approximate surface area is 120 Å². The van der Waals surface area contributed by atoms with Crippen molar-refractivity contribution in [2.24, 2.45) is 0 Å². The fourth-order valence-corrected chi connectivity index (χ4v) is 3.36. The Balaban J connectivity index is 3.07. The van der Waals surface area contributed by atoms with Crippen molar-refractivity contribution in [3.8, 4) is 0 Å². The molecule has 0 unspecified atom stereocenters. The standard InChI is InChI=1S/C13H22N2O4S/c1-11-8-12(14)10-13(9-11)20(16,17)15(4-6-18-2)5-7-19-3/h8-10H,4-7,14H2,1-3H3. The molecular formula is C13H22N2O4S. The lowest BCUT2D eigenvalue weighted by Gasteiger charge is -2.22. The molecule has 0 saturated heterocycles. The third-order valence-electron chi connectivity index (χ3n) is 2.80. The number of ether oxygens (including phenoxy) is 2. The highest BCUT2D eigenvalue weighted by atomic mass is 32.2. The van der Waals surface area contributed by atoms with E-state index in [1.165, 1.54) is 24.6 Å². The smallest absolute Gasteiger partial charge is 0.243 e. The Kier molecular flexibility index (Phi) is 6.41. The van der Waals surface area contributed by atoms with Crippen molar-refractivity contribution >= 4 is 15.7 Å². The van der Waals surface area contributed by atoms with Gasteiger partial charge in [0.15, 0.2) is 0 Å². The Morgan fingerprint density at radius 2 is 1.65 bits per heavy atom. The minimum absolute atomic E-state index is 0.196. The highest BCUT2D eigenvalue weighted by Crippen LogP contribution is 2.20. The quantitative estimate of drug-likeness (QED) is 0.720. The van der Waals surface area contributed by atoms with E-state index in [1.807, 2.05) is 6.92 Å². The topological polar surface area (TPSA) is 81.9 Å². The van der Waals surface area contributed by atoms with Gasteiger partial charge in [-0.2, -0.15) is 4.31 Å². The van der Waals surface area contributed by atoms with E-state index in [2.05, 4.69) is 0 Å². The summed E-state index contributed by atoms with van der Waals surface area (Å²) in [5, 5.41) is 0. The summed E-state index contributed by atoms with van der Waals surface area (Å²) in [4.78, 5) is 0.196. The third-order valence-corrected chi connectivity index (χ3v) is 4.68. The fraction of sp³-hybridized carbons (Fsp3) is 0.538. The van der Waals surface area contributed by atoms with Crippen molar-refractivity contribution in [2.45, 2.75) is 11.8 Å². The lowest BCUT2D eigenvalue weighted by molar-refractivity contribution is 0.150. The Morgan fingerprint density at radius 1 is 1.10 bits per heavy atom. The summed E-state index contributed by atoms with van der Waals surface area (Å²) in [7, 11) is -0.530. The van der Waals surface area contributed by atoms with Gasteiger partial charge in [-0.3, -0.25) is 0 Å². The van der Waals surface area contributed by atoms with Crippen molar-refractivity contribution in [3.05, 3.63) is 23.8 Å². The molecular weight excluding hydrogens is 280 g/mol. The molecule has 0 aliphatic heterocycles. The second-order valence-corrected chi connectivity index (χ2v) is 6.41. The Bertz CT molecular complexity index is 503.